The van der Waals surface area contributed by atoms with Gasteiger partial charge in [-0.3, -0.25) is 4.90 Å². The van der Waals surface area contributed by atoms with Gasteiger partial charge in [-0.1, -0.05) is 37.5 Å². The third kappa shape index (κ3) is 7.80. The Kier molecular flexibility index (Phi) is 13.3. The summed E-state index contributed by atoms with van der Waals surface area (Å²) in [6, 6.07) is 13.5. The van der Waals surface area contributed by atoms with Crippen molar-refractivity contribution in [3.8, 4) is 0 Å². The number of hydrogen-bond acceptors (Lipinski definition) is 7. The van der Waals surface area contributed by atoms with E-state index < -0.39 is 0 Å². The zero-order chi connectivity index (χ0) is 23.6. The zero-order valence-corrected chi connectivity index (χ0v) is 25.8. The molecule has 12 heteroatoms. The normalized spacial score (nSPS) is 20.4. The van der Waals surface area contributed by atoms with Gasteiger partial charge in [-0.05, 0) is 31.9 Å². The summed E-state index contributed by atoms with van der Waals surface area (Å²) in [5, 5.41) is 8.60. The van der Waals surface area contributed by atoms with Crippen molar-refractivity contribution < 1.29 is 0 Å². The Hall–Kier alpha value is -1.55. The van der Waals surface area contributed by atoms with Gasteiger partial charge in [-0.25, -0.2) is 4.98 Å². The quantitative estimate of drug-likeness (QED) is 0.432. The molecule has 2 aromatic heterocycles. The van der Waals surface area contributed by atoms with Gasteiger partial charge in [-0.2, -0.15) is 9.50 Å². The van der Waals surface area contributed by atoms with Crippen molar-refractivity contribution in [3.05, 3.63) is 47.9 Å². The summed E-state index contributed by atoms with van der Waals surface area (Å²) in [7, 11) is 0. The van der Waals surface area contributed by atoms with Gasteiger partial charge in [0.05, 0.1) is 5.69 Å². The van der Waals surface area contributed by atoms with Crippen molar-refractivity contribution in [2.45, 2.75) is 57.5 Å². The minimum Gasteiger partial charge on any atom is -0.369 e. The van der Waals surface area contributed by atoms with Crippen LogP contribution >= 0.6 is 49.6 Å². The Morgan fingerprint density at radius 1 is 0.846 bits per heavy atom. The molecule has 39 heavy (non-hydrogen) atoms. The number of benzene rings is 1. The Balaban J connectivity index is 0.00000133. The molecule has 1 unspecified atom stereocenters. The molecule has 4 heterocycles. The van der Waals surface area contributed by atoms with Crippen molar-refractivity contribution >= 4 is 66.9 Å². The van der Waals surface area contributed by atoms with Gasteiger partial charge in [0.25, 0.3) is 5.78 Å². The minimum atomic E-state index is 0. The molecule has 3 aromatic rings. The molecule has 1 aromatic carbocycles. The summed E-state index contributed by atoms with van der Waals surface area (Å²) < 4.78 is 2.03. The van der Waals surface area contributed by atoms with Gasteiger partial charge >= 0.3 is 0 Å². The molecule has 0 radical (unpaired) electrons. The molecule has 2 saturated heterocycles. The number of anilines is 2. The monoisotopic (exact) mass is 618 g/mol. The summed E-state index contributed by atoms with van der Waals surface area (Å²) in [6.07, 6.45) is 6.32. The third-order valence-corrected chi connectivity index (χ3v) is 7.91. The lowest BCUT2D eigenvalue weighted by atomic mass is 9.89. The highest BCUT2D eigenvalue weighted by Gasteiger charge is 2.25. The maximum atomic E-state index is 5.03. The van der Waals surface area contributed by atoms with Crippen molar-refractivity contribution in [1.82, 2.24) is 29.8 Å². The number of rotatable bonds is 5. The van der Waals surface area contributed by atoms with E-state index >= 15 is 0 Å². The number of hydrogen-bond donors (Lipinski definition) is 1. The molecule has 3 fully saturated rings. The molecule has 1 aliphatic carbocycles. The van der Waals surface area contributed by atoms with Crippen LogP contribution in [0.3, 0.4) is 0 Å². The Morgan fingerprint density at radius 2 is 1.56 bits per heavy atom. The fourth-order valence-electron chi connectivity index (χ4n) is 5.93. The second-order valence-electron chi connectivity index (χ2n) is 10.5. The highest BCUT2D eigenvalue weighted by Crippen LogP contribution is 2.31. The Labute approximate surface area is 256 Å². The van der Waals surface area contributed by atoms with E-state index in [2.05, 4.69) is 63.3 Å². The largest absolute Gasteiger partial charge is 0.369 e. The molecule has 1 saturated carbocycles. The van der Waals surface area contributed by atoms with E-state index in [1.807, 2.05) is 4.52 Å². The second kappa shape index (κ2) is 15.5. The summed E-state index contributed by atoms with van der Waals surface area (Å²) in [5.41, 5.74) is 2.43. The summed E-state index contributed by atoms with van der Waals surface area (Å²) in [6.45, 7) is 10.3. The molecule has 2 aliphatic heterocycles. The minimum absolute atomic E-state index is 0. The lowest BCUT2D eigenvalue weighted by molar-refractivity contribution is 0.247. The number of fused-ring (bicyclic) bond motifs is 1. The topological polar surface area (TPSA) is 64.8 Å². The van der Waals surface area contributed by atoms with Gasteiger partial charge in [0.1, 0.15) is 5.82 Å². The highest BCUT2D eigenvalue weighted by atomic mass is 35.5. The number of nitrogens with one attached hydrogen (secondary N) is 1. The van der Waals surface area contributed by atoms with Crippen molar-refractivity contribution in [2.75, 3.05) is 55.6 Å². The first kappa shape index (κ1) is 33.7. The molecule has 8 nitrogen and oxygen atoms in total. The van der Waals surface area contributed by atoms with Crippen LogP contribution in [0.5, 0.6) is 0 Å². The van der Waals surface area contributed by atoms with Gasteiger partial charge in [-0.15, -0.1) is 54.7 Å². The van der Waals surface area contributed by atoms with Crippen LogP contribution in [0.2, 0.25) is 0 Å². The van der Waals surface area contributed by atoms with Crippen molar-refractivity contribution in [2.24, 2.45) is 0 Å². The van der Waals surface area contributed by atoms with E-state index in [1.165, 1.54) is 37.8 Å². The molecule has 0 spiro atoms. The molecular formula is C27H42Cl4N8. The first-order valence-electron chi connectivity index (χ1n) is 13.5. The third-order valence-electron chi connectivity index (χ3n) is 7.91. The van der Waals surface area contributed by atoms with Crippen LogP contribution in [-0.4, -0.2) is 76.3 Å². The number of piperazine rings is 2. The van der Waals surface area contributed by atoms with E-state index in [0.29, 0.717) is 12.0 Å². The maximum Gasteiger partial charge on any atom is 0.254 e. The number of nitrogens with zero attached hydrogens (tertiary/aromatic N) is 7. The van der Waals surface area contributed by atoms with Crippen LogP contribution in [0, 0.1) is 0 Å². The lowest BCUT2D eigenvalue weighted by Gasteiger charge is -2.36. The molecule has 0 bridgehead atoms. The van der Waals surface area contributed by atoms with Crippen molar-refractivity contribution in [1.29, 1.82) is 0 Å². The van der Waals surface area contributed by atoms with Gasteiger partial charge in [0.15, 0.2) is 5.82 Å². The second-order valence-corrected chi connectivity index (χ2v) is 10.5. The smallest absolute Gasteiger partial charge is 0.254 e. The molecule has 1 N–H and O–H groups in total. The van der Waals surface area contributed by atoms with Crippen molar-refractivity contribution in [3.63, 3.8) is 0 Å². The van der Waals surface area contributed by atoms with E-state index in [9.17, 15) is 0 Å². The van der Waals surface area contributed by atoms with Gasteiger partial charge in [0.2, 0.25) is 0 Å². The molecule has 218 valence electrons. The fourth-order valence-corrected chi connectivity index (χ4v) is 5.93. The zero-order valence-electron chi connectivity index (χ0n) is 22.6. The average molecular weight is 621 g/mol. The molecule has 6 rings (SSSR count). The van der Waals surface area contributed by atoms with Crippen LogP contribution in [0.15, 0.2) is 36.4 Å². The van der Waals surface area contributed by atoms with E-state index in [4.69, 9.17) is 15.1 Å². The van der Waals surface area contributed by atoms with Gasteiger partial charge in [0, 0.05) is 76.1 Å². The first-order chi connectivity index (χ1) is 17.2. The number of halogens is 4. The molecule has 3 aliphatic rings. The predicted molar refractivity (Wildman–Crippen MR) is 169 cm³/mol. The first-order valence-corrected chi connectivity index (χ1v) is 13.5. The van der Waals surface area contributed by atoms with Crippen LogP contribution in [0.25, 0.3) is 5.78 Å². The van der Waals surface area contributed by atoms with E-state index in [0.717, 1.165) is 75.5 Å². The van der Waals surface area contributed by atoms with Crippen LogP contribution < -0.4 is 15.1 Å². The number of aromatic nitrogens is 4. The molecule has 1 atom stereocenters. The highest BCUT2D eigenvalue weighted by molar-refractivity contribution is 5.86. The summed E-state index contributed by atoms with van der Waals surface area (Å²) in [4.78, 5) is 17.5. The Morgan fingerprint density at radius 3 is 2.26 bits per heavy atom. The van der Waals surface area contributed by atoms with E-state index in [1.54, 1.807) is 0 Å². The maximum absolute atomic E-state index is 5.03. The van der Waals surface area contributed by atoms with Gasteiger partial charge < -0.3 is 15.1 Å². The Bertz CT molecular complexity index is 1130. The summed E-state index contributed by atoms with van der Waals surface area (Å²) >= 11 is 0. The van der Waals surface area contributed by atoms with Crippen LogP contribution in [0.4, 0.5) is 11.5 Å². The average Bonchev–Trinajstić information content (AvgIpc) is 3.34. The lowest BCUT2D eigenvalue weighted by Crippen LogP contribution is -2.50. The van der Waals surface area contributed by atoms with E-state index in [-0.39, 0.29) is 49.6 Å². The summed E-state index contributed by atoms with van der Waals surface area (Å²) in [5.74, 6) is 3.40. The standard InChI is InChI=1S/C27H38N8.4ClH/c1-21-19-34(13-12-28-21)25-18-23(20-32-14-16-33(17-15-32)24-10-6-3-7-11-24)29-27-30-26(31-35(25)27)22-8-4-2-5-9-22;;;;/h3,6-7,10-11,18,21-22,28H,2,4-5,8-9,12-17,19-20H2,1H3;4*1H. The molecular weight excluding hydrogens is 578 g/mol. The number of para-hydroxylation sites is 1. The van der Waals surface area contributed by atoms with Crippen LogP contribution in [0.1, 0.15) is 56.5 Å². The SMILES string of the molecule is CC1CN(c2cc(CN3CCN(c4ccccc4)CC3)nc3nc(C4CCCCC4)nn23)CCN1.Cl.Cl.Cl.Cl. The predicted octanol–water partition coefficient (Wildman–Crippen LogP) is 4.98. The van der Waals surface area contributed by atoms with Crippen LogP contribution in [-0.2, 0) is 6.54 Å². The molecule has 0 amide bonds. The fraction of sp³-hybridized carbons (Fsp3) is 0.593.